The molecule has 2 aliphatic rings. The Hall–Kier alpha value is -4.63. The van der Waals surface area contributed by atoms with Gasteiger partial charge in [0, 0.05) is 72.9 Å². The SMILES string of the molecule is C=C/C(C(=O)c1cc2cc(OC3CCN(C(C)C)CC3)c(CC)cc2[nH]1)=C(\C)Nc1cc(OC2=C(F)CCC=C2)ccc1C(C)CC.CC.CCC.CCCNC(C)=O. The molecule has 1 unspecified atom stereocenters. The van der Waals surface area contributed by atoms with E-state index in [1.165, 1.54) is 13.3 Å². The largest absolute Gasteiger partial charge is 0.490 e. The smallest absolute Gasteiger partial charge is 0.216 e. The first-order chi connectivity index (χ1) is 28.3. The number of hydrogen-bond acceptors (Lipinski definition) is 6. The Balaban J connectivity index is 0.000000884. The fraction of sp³-hybridized carbons (Fsp3) is 0.520. The van der Waals surface area contributed by atoms with E-state index < -0.39 is 0 Å². The van der Waals surface area contributed by atoms with Crippen molar-refractivity contribution in [1.82, 2.24) is 15.2 Å². The minimum absolute atomic E-state index is 0.0573. The number of carbonyl (C=O) groups is 2. The number of rotatable bonds is 15. The van der Waals surface area contributed by atoms with Gasteiger partial charge in [-0.15, -0.1) is 0 Å². The van der Waals surface area contributed by atoms with Crippen LogP contribution < -0.4 is 20.1 Å². The molecule has 0 bridgehead atoms. The molecule has 9 heteroatoms. The highest BCUT2D eigenvalue weighted by Crippen LogP contribution is 2.35. The number of aromatic nitrogens is 1. The topological polar surface area (TPSA) is 95.7 Å². The lowest BCUT2D eigenvalue weighted by Gasteiger charge is -2.34. The van der Waals surface area contributed by atoms with Crippen LogP contribution in [0.4, 0.5) is 10.1 Å². The third-order valence-electron chi connectivity index (χ3n) is 10.2. The highest BCUT2D eigenvalue weighted by molar-refractivity contribution is 6.12. The summed E-state index contributed by atoms with van der Waals surface area (Å²) in [7, 11) is 0. The molecule has 8 nitrogen and oxygen atoms in total. The number of amides is 1. The first kappa shape index (κ1) is 50.5. The zero-order valence-corrected chi connectivity index (χ0v) is 38.4. The zero-order valence-electron chi connectivity index (χ0n) is 38.4. The Bertz CT molecular complexity index is 1880. The van der Waals surface area contributed by atoms with Crippen molar-refractivity contribution < 1.29 is 23.5 Å². The monoisotopic (exact) mass is 815 g/mol. The van der Waals surface area contributed by atoms with Gasteiger partial charge in [0.05, 0.1) is 5.69 Å². The van der Waals surface area contributed by atoms with E-state index in [1.54, 1.807) is 12.2 Å². The van der Waals surface area contributed by atoms with E-state index >= 15 is 0 Å². The number of carbonyl (C=O) groups excluding carboxylic acids is 2. The first-order valence-electron chi connectivity index (χ1n) is 22.1. The van der Waals surface area contributed by atoms with Crippen molar-refractivity contribution in [3.05, 3.63) is 101 Å². The number of fused-ring (bicyclic) bond motifs is 1. The molecular weight excluding hydrogens is 740 g/mol. The molecule has 1 aromatic heterocycles. The van der Waals surface area contributed by atoms with E-state index in [0.717, 1.165) is 85.2 Å². The van der Waals surface area contributed by atoms with Gasteiger partial charge in [-0.1, -0.05) is 86.6 Å². The van der Waals surface area contributed by atoms with Gasteiger partial charge in [-0.05, 0) is 107 Å². The van der Waals surface area contributed by atoms with Gasteiger partial charge < -0.3 is 30.0 Å². The number of nitrogens with zero attached hydrogens (tertiary/aromatic N) is 1. The molecule has 2 aromatic carbocycles. The molecule has 0 radical (unpaired) electrons. The maximum atomic E-state index is 14.4. The van der Waals surface area contributed by atoms with Crippen LogP contribution in [0.3, 0.4) is 0 Å². The highest BCUT2D eigenvalue weighted by Gasteiger charge is 2.24. The number of Topliss-reactive ketones (excluding diaryl/α,β-unsaturated/α-hetero) is 1. The molecule has 1 aliphatic carbocycles. The number of ether oxygens (including phenoxy) is 2. The van der Waals surface area contributed by atoms with Gasteiger partial charge in [0.15, 0.2) is 5.76 Å². The predicted molar refractivity (Wildman–Crippen MR) is 247 cm³/mol. The molecule has 0 saturated carbocycles. The van der Waals surface area contributed by atoms with Crippen LogP contribution in [-0.4, -0.2) is 53.4 Å². The maximum absolute atomic E-state index is 14.4. The summed E-state index contributed by atoms with van der Waals surface area (Å²) in [5.74, 6) is 1.58. The second-order valence-corrected chi connectivity index (χ2v) is 15.3. The highest BCUT2D eigenvalue weighted by atomic mass is 19.1. The van der Waals surface area contributed by atoms with Crippen LogP contribution in [0.2, 0.25) is 0 Å². The molecule has 59 heavy (non-hydrogen) atoms. The van der Waals surface area contributed by atoms with Gasteiger partial charge >= 0.3 is 0 Å². The molecule has 0 spiro atoms. The molecule has 1 saturated heterocycles. The van der Waals surface area contributed by atoms with Crippen LogP contribution in [0.15, 0.2) is 84.1 Å². The van der Waals surface area contributed by atoms with Crippen molar-refractivity contribution in [1.29, 1.82) is 0 Å². The number of piperidine rings is 1. The quantitative estimate of drug-likeness (QED) is 0.0803. The number of likely N-dealkylation sites (tertiary alicyclic amines) is 1. The van der Waals surface area contributed by atoms with Crippen molar-refractivity contribution in [2.75, 3.05) is 25.0 Å². The van der Waals surface area contributed by atoms with Gasteiger partial charge in [0.2, 0.25) is 11.7 Å². The lowest BCUT2D eigenvalue weighted by molar-refractivity contribution is -0.118. The van der Waals surface area contributed by atoms with Gasteiger partial charge in [-0.25, -0.2) is 4.39 Å². The molecule has 3 N–H and O–H groups in total. The summed E-state index contributed by atoms with van der Waals surface area (Å²) in [6.45, 7) is 31.5. The predicted octanol–water partition coefficient (Wildman–Crippen LogP) is 13.1. The van der Waals surface area contributed by atoms with Crippen molar-refractivity contribution in [3.8, 4) is 11.5 Å². The number of allylic oxidation sites excluding steroid dienone is 6. The second-order valence-electron chi connectivity index (χ2n) is 15.3. The number of aryl methyl sites for hydroxylation is 1. The number of nitrogens with one attached hydrogen (secondary N) is 3. The molecule has 5 rings (SSSR count). The van der Waals surface area contributed by atoms with Crippen LogP contribution in [-0.2, 0) is 11.2 Å². The fourth-order valence-corrected chi connectivity index (χ4v) is 6.72. The summed E-state index contributed by atoms with van der Waals surface area (Å²) in [5, 5.41) is 7.07. The van der Waals surface area contributed by atoms with Crippen LogP contribution in [0, 0.1) is 0 Å². The van der Waals surface area contributed by atoms with Crippen LogP contribution in [0.25, 0.3) is 10.9 Å². The summed E-state index contributed by atoms with van der Waals surface area (Å²) >= 11 is 0. The van der Waals surface area contributed by atoms with E-state index in [0.29, 0.717) is 41.6 Å². The molecule has 1 amide bonds. The van der Waals surface area contributed by atoms with Crippen LogP contribution >= 0.6 is 0 Å². The minimum atomic E-state index is -0.251. The number of benzene rings is 2. The normalized spacial score (nSPS) is 15.1. The van der Waals surface area contributed by atoms with E-state index in [2.05, 4.69) is 87.7 Å². The van der Waals surface area contributed by atoms with Crippen LogP contribution in [0.1, 0.15) is 156 Å². The Morgan fingerprint density at radius 3 is 2.24 bits per heavy atom. The molecule has 1 aliphatic heterocycles. The Morgan fingerprint density at radius 2 is 1.69 bits per heavy atom. The third kappa shape index (κ3) is 15.5. The lowest BCUT2D eigenvalue weighted by atomic mass is 9.96. The van der Waals surface area contributed by atoms with Crippen molar-refractivity contribution in [3.63, 3.8) is 0 Å². The summed E-state index contributed by atoms with van der Waals surface area (Å²) in [5.41, 5.74) is 5.55. The van der Waals surface area contributed by atoms with Crippen LogP contribution in [0.5, 0.6) is 11.5 Å². The molecule has 3 aromatic rings. The Labute approximate surface area is 355 Å². The number of anilines is 1. The summed E-state index contributed by atoms with van der Waals surface area (Å²) in [6, 6.07) is 12.4. The van der Waals surface area contributed by atoms with E-state index in [-0.39, 0.29) is 35.3 Å². The summed E-state index contributed by atoms with van der Waals surface area (Å²) in [4.78, 5) is 29.9. The summed E-state index contributed by atoms with van der Waals surface area (Å²) in [6.07, 6.45) is 12.5. The molecular formula is C50H75FN4O4. The second kappa shape index (κ2) is 26.5. The number of hydrogen-bond donors (Lipinski definition) is 3. The summed E-state index contributed by atoms with van der Waals surface area (Å²) < 4.78 is 26.9. The zero-order chi connectivity index (χ0) is 44.1. The number of halogens is 1. The average molecular weight is 815 g/mol. The standard InChI is InChI=1S/C40H50FN3O3.C5H11NO.C3H8.C2H6/c1-8-26(6)33-16-15-31(47-38-14-12-11-13-34(38)41)24-36(33)42-27(7)32(10-3)40(45)37-22-29-23-39(28(9-2)21-35(29)43-37)46-30-17-19-44(20-18-30)25(4)5;1-3-4-6-5(2)7;1-3-2;1-2/h10,12,14-16,21-26,30,42-43H,3,8-9,11,13,17-20H2,1-2,4-7H3;3-4H2,1-2H3,(H,6,7);3H2,1-2H3;1-2H3/b32-27-;;;. The Morgan fingerprint density at radius 1 is 1.02 bits per heavy atom. The van der Waals surface area contributed by atoms with Gasteiger partial charge in [-0.2, -0.15) is 0 Å². The Kier molecular flexibility index (Phi) is 22.7. The van der Waals surface area contributed by atoms with Gasteiger partial charge in [0.25, 0.3) is 0 Å². The first-order valence-corrected chi connectivity index (χ1v) is 22.1. The lowest BCUT2D eigenvalue weighted by Crippen LogP contribution is -2.41. The molecule has 1 fully saturated rings. The minimum Gasteiger partial charge on any atom is -0.490 e. The third-order valence-corrected chi connectivity index (χ3v) is 10.2. The van der Waals surface area contributed by atoms with E-state index in [9.17, 15) is 14.0 Å². The fourth-order valence-electron chi connectivity index (χ4n) is 6.72. The number of H-pyrrole nitrogens is 1. The van der Waals surface area contributed by atoms with Crippen molar-refractivity contribution in [2.24, 2.45) is 0 Å². The molecule has 2 heterocycles. The average Bonchev–Trinajstić information content (AvgIpc) is 3.65. The maximum Gasteiger partial charge on any atom is 0.216 e. The van der Waals surface area contributed by atoms with E-state index in [1.807, 2.05) is 58.0 Å². The van der Waals surface area contributed by atoms with E-state index in [4.69, 9.17) is 9.47 Å². The number of ketones is 1. The molecule has 1 atom stereocenters. The van der Waals surface area contributed by atoms with Gasteiger partial charge in [-0.3, -0.25) is 9.59 Å². The molecule has 326 valence electrons. The van der Waals surface area contributed by atoms with Crippen molar-refractivity contribution in [2.45, 2.75) is 153 Å². The van der Waals surface area contributed by atoms with Gasteiger partial charge in [0.1, 0.15) is 23.4 Å². The van der Waals surface area contributed by atoms with Crippen molar-refractivity contribution >= 4 is 28.3 Å². The number of aromatic amines is 1.